The predicted molar refractivity (Wildman–Crippen MR) is 157 cm³/mol. The molecular formula is C32H35N7O2. The number of anilines is 2. The zero-order valence-corrected chi connectivity index (χ0v) is 23.3. The van der Waals surface area contributed by atoms with Crippen LogP contribution in [0.2, 0.25) is 0 Å². The van der Waals surface area contributed by atoms with Crippen LogP contribution in [0.5, 0.6) is 0 Å². The molecule has 1 aliphatic heterocycles. The highest BCUT2D eigenvalue weighted by Gasteiger charge is 2.37. The van der Waals surface area contributed by atoms with Crippen LogP contribution in [0.3, 0.4) is 0 Å². The first kappa shape index (κ1) is 25.7. The van der Waals surface area contributed by atoms with Crippen molar-refractivity contribution in [3.05, 3.63) is 71.9 Å². The quantitative estimate of drug-likeness (QED) is 0.333. The molecule has 0 bridgehead atoms. The third-order valence-electron chi connectivity index (χ3n) is 9.09. The SMILES string of the molecule is CC1CCC(c2nc(-c3ccc(C(=O)Nc4cc(C5CC5)ccn4)cc3)c3c(N)nccn23)CN1C(=O)C1CCC1. The fourth-order valence-corrected chi connectivity index (χ4v) is 6.24. The zero-order valence-electron chi connectivity index (χ0n) is 23.3. The van der Waals surface area contributed by atoms with Gasteiger partial charge in [-0.25, -0.2) is 15.0 Å². The van der Waals surface area contributed by atoms with Gasteiger partial charge in [0.15, 0.2) is 0 Å². The van der Waals surface area contributed by atoms with E-state index >= 15 is 0 Å². The number of nitrogen functional groups attached to an aromatic ring is 1. The lowest BCUT2D eigenvalue weighted by Crippen LogP contribution is -2.48. The van der Waals surface area contributed by atoms with Crippen molar-refractivity contribution in [2.45, 2.75) is 69.7 Å². The summed E-state index contributed by atoms with van der Waals surface area (Å²) in [6.45, 7) is 2.81. The molecule has 0 radical (unpaired) electrons. The van der Waals surface area contributed by atoms with Crippen molar-refractivity contribution in [1.82, 2.24) is 24.3 Å². The molecular weight excluding hydrogens is 514 g/mol. The Bertz CT molecular complexity index is 1620. The summed E-state index contributed by atoms with van der Waals surface area (Å²) in [5, 5.41) is 2.93. The van der Waals surface area contributed by atoms with E-state index in [2.05, 4.69) is 27.1 Å². The molecule has 3 aromatic heterocycles. The molecule has 4 aromatic rings. The van der Waals surface area contributed by atoms with Crippen LogP contribution >= 0.6 is 0 Å². The van der Waals surface area contributed by atoms with Crippen molar-refractivity contribution < 1.29 is 9.59 Å². The number of nitrogens with zero attached hydrogens (tertiary/aromatic N) is 5. The lowest BCUT2D eigenvalue weighted by molar-refractivity contribution is -0.142. The van der Waals surface area contributed by atoms with E-state index in [9.17, 15) is 9.59 Å². The van der Waals surface area contributed by atoms with Crippen LogP contribution in [-0.4, -0.2) is 48.7 Å². The summed E-state index contributed by atoms with van der Waals surface area (Å²) in [5.41, 5.74) is 10.5. The molecule has 0 spiro atoms. The van der Waals surface area contributed by atoms with Gasteiger partial charge in [-0.05, 0) is 81.2 Å². The van der Waals surface area contributed by atoms with Gasteiger partial charge in [0.05, 0.1) is 0 Å². The first-order valence-corrected chi connectivity index (χ1v) is 14.8. The van der Waals surface area contributed by atoms with Gasteiger partial charge in [-0.1, -0.05) is 18.6 Å². The van der Waals surface area contributed by atoms with Gasteiger partial charge in [-0.2, -0.15) is 0 Å². The normalized spacial score (nSPS) is 21.0. The van der Waals surface area contributed by atoms with Gasteiger partial charge in [-0.3, -0.25) is 14.0 Å². The number of imidazole rings is 1. The third kappa shape index (κ3) is 4.83. The highest BCUT2D eigenvalue weighted by atomic mass is 16.2. The number of hydrogen-bond donors (Lipinski definition) is 2. The molecule has 2 amide bonds. The van der Waals surface area contributed by atoms with Crippen molar-refractivity contribution in [2.75, 3.05) is 17.6 Å². The van der Waals surface area contributed by atoms with E-state index in [1.165, 1.54) is 18.4 Å². The van der Waals surface area contributed by atoms with Crippen LogP contribution in [0.15, 0.2) is 55.0 Å². The van der Waals surface area contributed by atoms with Gasteiger partial charge >= 0.3 is 0 Å². The molecule has 2 saturated carbocycles. The molecule has 2 aliphatic carbocycles. The average molecular weight is 550 g/mol. The summed E-state index contributed by atoms with van der Waals surface area (Å²) >= 11 is 0. The Morgan fingerprint density at radius 1 is 0.951 bits per heavy atom. The number of pyridine rings is 1. The highest BCUT2D eigenvalue weighted by Crippen LogP contribution is 2.40. The Morgan fingerprint density at radius 3 is 2.46 bits per heavy atom. The summed E-state index contributed by atoms with van der Waals surface area (Å²) < 4.78 is 2.03. The van der Waals surface area contributed by atoms with E-state index < -0.39 is 0 Å². The predicted octanol–water partition coefficient (Wildman–Crippen LogP) is 5.40. The third-order valence-corrected chi connectivity index (χ3v) is 9.09. The number of piperidine rings is 1. The molecule has 4 heterocycles. The number of carbonyl (C=O) groups excluding carboxylic acids is 2. The van der Waals surface area contributed by atoms with Crippen molar-refractivity contribution >= 4 is 29.0 Å². The number of nitrogens with one attached hydrogen (secondary N) is 1. The molecule has 1 saturated heterocycles. The molecule has 3 N–H and O–H groups in total. The number of benzene rings is 1. The number of rotatable bonds is 6. The number of likely N-dealkylation sites (tertiary alicyclic amines) is 1. The molecule has 7 rings (SSSR count). The average Bonchev–Trinajstić information content (AvgIpc) is 3.73. The largest absolute Gasteiger partial charge is 0.382 e. The fourth-order valence-electron chi connectivity index (χ4n) is 6.24. The molecule has 1 aromatic carbocycles. The summed E-state index contributed by atoms with van der Waals surface area (Å²) in [4.78, 5) is 42.0. The summed E-state index contributed by atoms with van der Waals surface area (Å²) in [7, 11) is 0. The van der Waals surface area contributed by atoms with Gasteiger partial charge in [-0.15, -0.1) is 0 Å². The minimum atomic E-state index is -0.207. The van der Waals surface area contributed by atoms with Crippen LogP contribution in [0.1, 0.15) is 85.5 Å². The second-order valence-corrected chi connectivity index (χ2v) is 11.9. The molecule has 41 heavy (non-hydrogen) atoms. The maximum atomic E-state index is 13.2. The molecule has 9 heteroatoms. The summed E-state index contributed by atoms with van der Waals surface area (Å²) in [6, 6.07) is 11.6. The number of amides is 2. The molecule has 2 unspecified atom stereocenters. The van der Waals surface area contributed by atoms with E-state index in [1.54, 1.807) is 24.5 Å². The van der Waals surface area contributed by atoms with E-state index in [1.807, 2.05) is 34.9 Å². The summed E-state index contributed by atoms with van der Waals surface area (Å²) in [6.07, 6.45) is 12.8. The van der Waals surface area contributed by atoms with Gasteiger partial charge < -0.3 is 16.0 Å². The molecule has 3 fully saturated rings. The standard InChI is InChI=1S/C32H35N7O2/c1-19-5-6-25(18-39(19)32(41)23-3-2-4-23)30-37-27(28-29(33)35-15-16-38(28)30)21-9-11-22(12-10-21)31(40)36-26-17-24(13-14-34-26)20-7-8-20/h9-17,19-20,23,25H,2-8,18H2,1H3,(H2,33,35)(H,34,36,40). The Labute approximate surface area is 239 Å². The minimum absolute atomic E-state index is 0.0993. The lowest BCUT2D eigenvalue weighted by atomic mass is 9.82. The monoisotopic (exact) mass is 549 g/mol. The second-order valence-electron chi connectivity index (χ2n) is 11.9. The number of carbonyl (C=O) groups is 2. The van der Waals surface area contributed by atoms with E-state index in [0.29, 0.717) is 35.6 Å². The Balaban J connectivity index is 1.15. The Morgan fingerprint density at radius 2 is 1.73 bits per heavy atom. The maximum absolute atomic E-state index is 13.2. The highest BCUT2D eigenvalue weighted by molar-refractivity contribution is 6.04. The van der Waals surface area contributed by atoms with E-state index in [-0.39, 0.29) is 23.8 Å². The van der Waals surface area contributed by atoms with E-state index in [4.69, 9.17) is 10.7 Å². The van der Waals surface area contributed by atoms with Gasteiger partial charge in [0.1, 0.15) is 28.7 Å². The molecule has 210 valence electrons. The Hall–Kier alpha value is -4.27. The molecule has 2 atom stereocenters. The second kappa shape index (κ2) is 10.3. The van der Waals surface area contributed by atoms with E-state index in [0.717, 1.165) is 54.7 Å². The van der Waals surface area contributed by atoms with Crippen molar-refractivity contribution in [2.24, 2.45) is 5.92 Å². The molecule has 3 aliphatic rings. The topological polar surface area (TPSA) is 119 Å². The smallest absolute Gasteiger partial charge is 0.256 e. The first-order valence-electron chi connectivity index (χ1n) is 14.8. The van der Waals surface area contributed by atoms with Crippen LogP contribution < -0.4 is 11.1 Å². The van der Waals surface area contributed by atoms with Gasteiger partial charge in [0.2, 0.25) is 5.91 Å². The van der Waals surface area contributed by atoms with Crippen molar-refractivity contribution in [1.29, 1.82) is 0 Å². The minimum Gasteiger partial charge on any atom is -0.382 e. The Kier molecular flexibility index (Phi) is 6.44. The van der Waals surface area contributed by atoms with Gasteiger partial charge in [0.25, 0.3) is 5.91 Å². The van der Waals surface area contributed by atoms with Gasteiger partial charge in [0, 0.05) is 54.1 Å². The lowest BCUT2D eigenvalue weighted by Gasteiger charge is -2.41. The number of aromatic nitrogens is 4. The first-order chi connectivity index (χ1) is 20.0. The maximum Gasteiger partial charge on any atom is 0.256 e. The number of hydrogen-bond acceptors (Lipinski definition) is 6. The molecule has 9 nitrogen and oxygen atoms in total. The van der Waals surface area contributed by atoms with Crippen molar-refractivity contribution in [3.63, 3.8) is 0 Å². The van der Waals surface area contributed by atoms with Crippen LogP contribution in [0.25, 0.3) is 16.8 Å². The van der Waals surface area contributed by atoms with Crippen molar-refractivity contribution in [3.8, 4) is 11.3 Å². The fraction of sp³-hybridized carbons (Fsp3) is 0.406. The van der Waals surface area contributed by atoms with Crippen LogP contribution in [0.4, 0.5) is 11.6 Å². The summed E-state index contributed by atoms with van der Waals surface area (Å²) in [5.74, 6) is 2.81. The number of nitrogens with two attached hydrogens (primary N) is 1. The zero-order chi connectivity index (χ0) is 28.1. The van der Waals surface area contributed by atoms with Crippen LogP contribution in [0, 0.1) is 5.92 Å². The number of fused-ring (bicyclic) bond motifs is 1. The van der Waals surface area contributed by atoms with Crippen LogP contribution in [-0.2, 0) is 4.79 Å².